The Morgan fingerprint density at radius 2 is 0.933 bits per heavy atom. The van der Waals surface area contributed by atoms with Gasteiger partial charge in [-0.3, -0.25) is 9.44 Å². The Labute approximate surface area is 342 Å². The highest BCUT2D eigenvalue weighted by atomic mass is 32.2. The van der Waals surface area contributed by atoms with E-state index in [0.29, 0.717) is 48.6 Å². The van der Waals surface area contributed by atoms with Crippen molar-refractivity contribution in [1.82, 2.24) is 0 Å². The lowest BCUT2D eigenvalue weighted by atomic mass is 10.0. The summed E-state index contributed by atoms with van der Waals surface area (Å²) in [5.41, 5.74) is 2.57. The van der Waals surface area contributed by atoms with Crippen molar-refractivity contribution in [1.29, 1.82) is 0 Å². The number of aryl methyl sites for hydroxylation is 4. The quantitative estimate of drug-likeness (QED) is 0.0787. The lowest BCUT2D eigenvalue weighted by Gasteiger charge is -2.16. The van der Waals surface area contributed by atoms with Crippen molar-refractivity contribution in [3.63, 3.8) is 0 Å². The zero-order chi connectivity index (χ0) is 43.7. The van der Waals surface area contributed by atoms with Crippen LogP contribution in [0.5, 0.6) is 0 Å². The summed E-state index contributed by atoms with van der Waals surface area (Å²) in [6.45, 7) is 0. The molecule has 0 bridgehead atoms. The van der Waals surface area contributed by atoms with E-state index >= 15 is 0 Å². The molecule has 0 saturated carbocycles. The zero-order valence-electron chi connectivity index (χ0n) is 31.2. The summed E-state index contributed by atoms with van der Waals surface area (Å²) in [5.74, 6) is -4.08. The summed E-state index contributed by atoms with van der Waals surface area (Å²) in [6, 6.07) is 32.1. The first kappa shape index (κ1) is 44.5. The molecule has 6 rings (SSSR count). The predicted octanol–water partition coefficient (Wildman–Crippen LogP) is 9.24. The van der Waals surface area contributed by atoms with Gasteiger partial charge in [-0.1, -0.05) is 72.8 Å². The van der Waals surface area contributed by atoms with Crippen LogP contribution in [0, 0.1) is 11.6 Å². The normalized spacial score (nSPS) is 11.6. The number of hydrogen-bond donors (Lipinski definition) is 4. The van der Waals surface area contributed by atoms with Crippen LogP contribution < -0.4 is 9.44 Å². The first-order valence-electron chi connectivity index (χ1n) is 17.8. The second-order valence-electron chi connectivity index (χ2n) is 13.1. The summed E-state index contributed by atoms with van der Waals surface area (Å²) in [5, 5.41) is 17.9. The Bertz CT molecular complexity index is 2710. The Morgan fingerprint density at radius 1 is 0.517 bits per heavy atom. The molecule has 4 N–H and O–H groups in total. The van der Waals surface area contributed by atoms with Gasteiger partial charge in [-0.25, -0.2) is 35.2 Å². The van der Waals surface area contributed by atoms with Crippen molar-refractivity contribution in [2.45, 2.75) is 41.7 Å². The number of carboxylic acid groups (broad SMARTS) is 2. The number of nitrogens with one attached hydrogen (secondary N) is 2. The molecule has 0 aliphatic rings. The molecular formula is C43H35F5N2O8S2. The van der Waals surface area contributed by atoms with Gasteiger partial charge in [0.25, 0.3) is 20.0 Å². The Kier molecular flexibility index (Phi) is 14.1. The van der Waals surface area contributed by atoms with E-state index in [4.69, 9.17) is 10.2 Å². The lowest BCUT2D eigenvalue weighted by molar-refractivity contribution is -0.139. The summed E-state index contributed by atoms with van der Waals surface area (Å²) < 4.78 is 122. The lowest BCUT2D eigenvalue weighted by Crippen LogP contribution is -2.19. The molecule has 312 valence electrons. The van der Waals surface area contributed by atoms with Gasteiger partial charge in [-0.2, -0.15) is 13.2 Å². The topological polar surface area (TPSA) is 167 Å². The van der Waals surface area contributed by atoms with Crippen molar-refractivity contribution in [3.8, 4) is 0 Å². The van der Waals surface area contributed by atoms with Crippen molar-refractivity contribution in [2.75, 3.05) is 9.44 Å². The van der Waals surface area contributed by atoms with Crippen LogP contribution in [0.3, 0.4) is 0 Å². The molecule has 0 amide bonds. The van der Waals surface area contributed by atoms with E-state index in [1.165, 1.54) is 36.4 Å². The molecule has 0 spiro atoms. The molecule has 0 unspecified atom stereocenters. The first-order valence-corrected chi connectivity index (χ1v) is 20.8. The van der Waals surface area contributed by atoms with Gasteiger partial charge in [0.1, 0.15) is 16.5 Å². The third-order valence-corrected chi connectivity index (χ3v) is 11.8. The Balaban J connectivity index is 0.000000228. The molecule has 0 aliphatic carbocycles. The van der Waals surface area contributed by atoms with Gasteiger partial charge in [0.15, 0.2) is 0 Å². The number of rotatable bonds is 14. The van der Waals surface area contributed by atoms with Crippen LogP contribution in [0.15, 0.2) is 149 Å². The number of carbonyl (C=O) groups is 2. The van der Waals surface area contributed by atoms with Gasteiger partial charge in [-0.15, -0.1) is 0 Å². The molecule has 0 radical (unpaired) electrons. The highest BCUT2D eigenvalue weighted by Crippen LogP contribution is 2.35. The van der Waals surface area contributed by atoms with Crippen molar-refractivity contribution < 1.29 is 58.6 Å². The molecule has 0 heterocycles. The number of anilines is 2. The molecular weight excluding hydrogens is 832 g/mol. The fourth-order valence-electron chi connectivity index (χ4n) is 5.89. The fourth-order valence-corrected chi connectivity index (χ4v) is 8.38. The first-order chi connectivity index (χ1) is 28.3. The number of para-hydroxylation sites is 2. The van der Waals surface area contributed by atoms with Crippen molar-refractivity contribution in [3.05, 3.63) is 190 Å². The number of benzene rings is 6. The molecule has 17 heteroatoms. The van der Waals surface area contributed by atoms with Gasteiger partial charge in [-0.05, 0) is 109 Å². The number of hydrogen-bond acceptors (Lipinski definition) is 6. The van der Waals surface area contributed by atoms with E-state index < -0.39 is 65.2 Å². The Morgan fingerprint density at radius 3 is 1.37 bits per heavy atom. The molecule has 0 fully saturated rings. The van der Waals surface area contributed by atoms with Gasteiger partial charge < -0.3 is 10.2 Å². The minimum absolute atomic E-state index is 0.153. The van der Waals surface area contributed by atoms with Crippen LogP contribution in [0.25, 0.3) is 0 Å². The standard InChI is InChI=1S/C22H18F3NO4S.C21H17F2NO4S/c23-22(24,25)18-6-2-4-8-20(18)31(29,30)26-19-7-3-1-5-16(19)12-9-15-10-13-17(14-11-15)21(27)28;22-17-11-12-20(18(23)13-17)29(27,28)24-19-4-2-1-3-15(19)8-5-14-6-9-16(10-7-14)21(25)26/h1-8,10-11,13-14,26H,9,12H2,(H,27,28);1-4,6-7,9-13,24H,5,8H2,(H,25,26). The predicted molar refractivity (Wildman–Crippen MR) is 214 cm³/mol. The van der Waals surface area contributed by atoms with Crippen LogP contribution in [-0.2, 0) is 51.9 Å². The highest BCUT2D eigenvalue weighted by molar-refractivity contribution is 7.93. The average Bonchev–Trinajstić information content (AvgIpc) is 3.20. The minimum Gasteiger partial charge on any atom is -0.478 e. The van der Waals surface area contributed by atoms with Crippen molar-refractivity contribution >= 4 is 43.4 Å². The molecule has 6 aromatic rings. The molecule has 0 atom stereocenters. The zero-order valence-corrected chi connectivity index (χ0v) is 32.8. The van der Waals surface area contributed by atoms with E-state index in [1.54, 1.807) is 66.7 Å². The van der Waals surface area contributed by atoms with E-state index in [0.717, 1.165) is 41.5 Å². The van der Waals surface area contributed by atoms with E-state index in [2.05, 4.69) is 9.44 Å². The van der Waals surface area contributed by atoms with Crippen LogP contribution in [0.1, 0.15) is 48.5 Å². The second-order valence-corrected chi connectivity index (χ2v) is 16.4. The number of halogens is 5. The van der Waals surface area contributed by atoms with Gasteiger partial charge in [0, 0.05) is 6.07 Å². The van der Waals surface area contributed by atoms with Crippen LogP contribution in [0.2, 0.25) is 0 Å². The molecule has 60 heavy (non-hydrogen) atoms. The Hall–Kier alpha value is -6.59. The van der Waals surface area contributed by atoms with Crippen molar-refractivity contribution in [2.24, 2.45) is 0 Å². The van der Waals surface area contributed by atoms with Crippen LogP contribution in [-0.4, -0.2) is 39.0 Å². The number of aromatic carboxylic acids is 2. The van der Waals surface area contributed by atoms with E-state index in [9.17, 15) is 48.4 Å². The number of sulfonamides is 2. The smallest absolute Gasteiger partial charge is 0.417 e. The summed E-state index contributed by atoms with van der Waals surface area (Å²) in [4.78, 5) is 20.4. The maximum atomic E-state index is 13.9. The molecule has 10 nitrogen and oxygen atoms in total. The molecule has 0 aliphatic heterocycles. The SMILES string of the molecule is O=C(O)c1ccc(CCc2ccccc2NS(=O)(=O)c2ccc(F)cc2F)cc1.O=C(O)c1ccc(CCc2ccccc2NS(=O)(=O)c2ccccc2C(F)(F)F)cc1. The average molecular weight is 867 g/mol. The maximum absolute atomic E-state index is 13.9. The fraction of sp³-hybridized carbons (Fsp3) is 0.116. The number of carboxylic acids is 2. The molecule has 0 saturated heterocycles. The van der Waals surface area contributed by atoms with Crippen LogP contribution in [0.4, 0.5) is 33.3 Å². The summed E-state index contributed by atoms with van der Waals surface area (Å²) >= 11 is 0. The van der Waals surface area contributed by atoms with Crippen LogP contribution >= 0.6 is 0 Å². The van der Waals surface area contributed by atoms with E-state index in [1.807, 2.05) is 0 Å². The second kappa shape index (κ2) is 19.0. The summed E-state index contributed by atoms with van der Waals surface area (Å²) in [6.07, 6.45) is -2.92. The maximum Gasteiger partial charge on any atom is 0.417 e. The third-order valence-electron chi connectivity index (χ3n) is 8.96. The minimum atomic E-state index is -4.81. The van der Waals surface area contributed by atoms with Gasteiger partial charge in [0.2, 0.25) is 0 Å². The monoisotopic (exact) mass is 866 g/mol. The highest BCUT2D eigenvalue weighted by Gasteiger charge is 2.37. The molecule has 6 aromatic carbocycles. The number of alkyl halides is 3. The van der Waals surface area contributed by atoms with Gasteiger partial charge in [0.05, 0.1) is 33.0 Å². The molecule has 0 aromatic heterocycles. The largest absolute Gasteiger partial charge is 0.478 e. The summed E-state index contributed by atoms with van der Waals surface area (Å²) in [7, 11) is -8.72. The van der Waals surface area contributed by atoms with E-state index in [-0.39, 0.29) is 16.8 Å². The third kappa shape index (κ3) is 11.8. The van der Waals surface area contributed by atoms with Gasteiger partial charge >= 0.3 is 18.1 Å².